The summed E-state index contributed by atoms with van der Waals surface area (Å²) in [7, 11) is 1.29. The predicted molar refractivity (Wildman–Crippen MR) is 178 cm³/mol. The van der Waals surface area contributed by atoms with Crippen LogP contribution in [0, 0.1) is 10.1 Å². The lowest BCUT2D eigenvalue weighted by Crippen LogP contribution is -2.40. The van der Waals surface area contributed by atoms with Crippen LogP contribution in [0.25, 0.3) is 23.0 Å². The number of benzene rings is 3. The van der Waals surface area contributed by atoms with Crippen molar-refractivity contribution in [3.63, 3.8) is 0 Å². The lowest BCUT2D eigenvalue weighted by Gasteiger charge is -2.25. The Morgan fingerprint density at radius 2 is 1.75 bits per heavy atom. The van der Waals surface area contributed by atoms with Gasteiger partial charge in [0.25, 0.3) is 11.2 Å². The van der Waals surface area contributed by atoms with E-state index >= 15 is 0 Å². The molecule has 0 saturated carbocycles. The van der Waals surface area contributed by atoms with Gasteiger partial charge in [0.15, 0.2) is 4.80 Å². The molecule has 0 spiro atoms. The van der Waals surface area contributed by atoms with E-state index in [1.165, 1.54) is 23.8 Å². The van der Waals surface area contributed by atoms with E-state index in [2.05, 4.69) is 4.99 Å². The summed E-state index contributed by atoms with van der Waals surface area (Å²) in [6.45, 7) is 5.16. The van der Waals surface area contributed by atoms with E-state index in [1.807, 2.05) is 30.3 Å². The van der Waals surface area contributed by atoms with Gasteiger partial charge < -0.3 is 9.47 Å². The van der Waals surface area contributed by atoms with Crippen molar-refractivity contribution in [2.45, 2.75) is 32.9 Å². The summed E-state index contributed by atoms with van der Waals surface area (Å²) in [6.07, 6.45) is 3.01. The third kappa shape index (κ3) is 6.10. The molecule has 3 heterocycles. The van der Waals surface area contributed by atoms with E-state index < -0.39 is 34.6 Å². The van der Waals surface area contributed by atoms with Crippen molar-refractivity contribution in [1.29, 1.82) is 0 Å². The van der Waals surface area contributed by atoms with Crippen LogP contribution in [0.15, 0.2) is 106 Å². The summed E-state index contributed by atoms with van der Waals surface area (Å²) >= 11 is 1.14. The molecule has 0 aliphatic carbocycles. The molecular formula is C35H29N5O7S. The Bertz CT molecular complexity index is 2280. The van der Waals surface area contributed by atoms with Gasteiger partial charge in [-0.1, -0.05) is 53.8 Å². The molecule has 0 bridgehead atoms. The number of nitro benzene ring substituents is 1. The normalized spacial score (nSPS) is 14.4. The van der Waals surface area contributed by atoms with Gasteiger partial charge in [-0.25, -0.2) is 19.3 Å². The number of rotatable bonds is 8. The number of non-ortho nitro benzene ring substituents is 1. The van der Waals surface area contributed by atoms with Crippen molar-refractivity contribution in [3.05, 3.63) is 143 Å². The molecule has 13 heteroatoms. The van der Waals surface area contributed by atoms with E-state index in [1.54, 1.807) is 74.1 Å². The van der Waals surface area contributed by atoms with Gasteiger partial charge in [0, 0.05) is 29.5 Å². The zero-order valence-corrected chi connectivity index (χ0v) is 27.1. The largest absolute Gasteiger partial charge is 0.465 e. The van der Waals surface area contributed by atoms with Gasteiger partial charge in [0.2, 0.25) is 0 Å². The molecule has 12 nitrogen and oxygen atoms in total. The van der Waals surface area contributed by atoms with Crippen LogP contribution in [0.2, 0.25) is 0 Å². The molecule has 1 unspecified atom stereocenters. The highest BCUT2D eigenvalue weighted by Gasteiger charge is 2.34. The number of esters is 2. The third-order valence-electron chi connectivity index (χ3n) is 7.61. The molecule has 1 aliphatic rings. The molecule has 3 aromatic carbocycles. The fraction of sp³-hybridized carbons (Fsp3) is 0.171. The van der Waals surface area contributed by atoms with Gasteiger partial charge in [-0.15, -0.1) is 0 Å². The third-order valence-corrected chi connectivity index (χ3v) is 8.60. The fourth-order valence-electron chi connectivity index (χ4n) is 5.43. The quantitative estimate of drug-likeness (QED) is 0.131. The standard InChI is InChI=1S/C35H29N5O7S/c1-20(2)47-34(43)29-21(3)36-35-39(31(29)22-13-15-23(16-14-22)33(42)46-4)32(41)28(48-35)18-25-19-38(26-10-6-5-7-11-26)37-30(25)24-9-8-12-27(17-24)40(44)45/h5-20,31H,1-4H3. The van der Waals surface area contributed by atoms with Gasteiger partial charge in [-0.05, 0) is 56.7 Å². The number of thiazole rings is 1. The van der Waals surface area contributed by atoms with Crippen LogP contribution in [-0.4, -0.2) is 44.4 Å². The summed E-state index contributed by atoms with van der Waals surface area (Å²) in [5.74, 6) is -1.13. The van der Waals surface area contributed by atoms with E-state index in [9.17, 15) is 24.5 Å². The molecule has 242 valence electrons. The smallest absolute Gasteiger partial charge is 0.338 e. The number of fused-ring (bicyclic) bond motifs is 1. The van der Waals surface area contributed by atoms with Crippen molar-refractivity contribution in [1.82, 2.24) is 14.3 Å². The number of hydrogen-bond acceptors (Lipinski definition) is 10. The Labute approximate surface area is 277 Å². The predicted octanol–water partition coefficient (Wildman–Crippen LogP) is 4.73. The summed E-state index contributed by atoms with van der Waals surface area (Å²) in [5, 5.41) is 16.3. The van der Waals surface area contributed by atoms with Crippen molar-refractivity contribution in [2.24, 2.45) is 4.99 Å². The Kier molecular flexibility index (Phi) is 8.70. The number of aromatic nitrogens is 3. The molecule has 1 aliphatic heterocycles. The molecule has 0 saturated heterocycles. The molecule has 0 amide bonds. The highest BCUT2D eigenvalue weighted by molar-refractivity contribution is 7.07. The van der Waals surface area contributed by atoms with Gasteiger partial charge in [0.05, 0.1) is 51.2 Å². The van der Waals surface area contributed by atoms with Crippen LogP contribution in [0.1, 0.15) is 48.3 Å². The van der Waals surface area contributed by atoms with E-state index in [0.29, 0.717) is 43.0 Å². The van der Waals surface area contributed by atoms with Crippen LogP contribution in [-0.2, 0) is 14.3 Å². The summed E-state index contributed by atoms with van der Waals surface area (Å²) in [5.41, 5.74) is 3.17. The SMILES string of the molecule is COC(=O)c1ccc(C2C(C(=O)OC(C)C)=C(C)N=c3sc(=Cc4cn(-c5ccccc5)nc4-c4cccc([N+](=O)[O-])c4)c(=O)n32)cc1. The van der Waals surface area contributed by atoms with Crippen LogP contribution in [0.3, 0.4) is 0 Å². The van der Waals surface area contributed by atoms with E-state index in [4.69, 9.17) is 14.6 Å². The fourth-order valence-corrected chi connectivity index (χ4v) is 6.47. The maximum absolute atomic E-state index is 14.3. The molecule has 2 aromatic heterocycles. The van der Waals surface area contributed by atoms with Gasteiger partial charge in [0.1, 0.15) is 5.69 Å². The van der Waals surface area contributed by atoms with Crippen molar-refractivity contribution < 1.29 is 24.0 Å². The second-order valence-electron chi connectivity index (χ2n) is 11.2. The average Bonchev–Trinajstić information content (AvgIpc) is 3.64. The Morgan fingerprint density at radius 3 is 2.42 bits per heavy atom. The zero-order valence-electron chi connectivity index (χ0n) is 26.3. The molecule has 1 atom stereocenters. The second kappa shape index (κ2) is 13.0. The van der Waals surface area contributed by atoms with Crippen LogP contribution >= 0.6 is 11.3 Å². The highest BCUT2D eigenvalue weighted by atomic mass is 32.1. The molecule has 48 heavy (non-hydrogen) atoms. The lowest BCUT2D eigenvalue weighted by molar-refractivity contribution is -0.384. The number of para-hydroxylation sites is 1. The average molecular weight is 664 g/mol. The number of allylic oxidation sites excluding steroid dienone is 1. The first-order valence-corrected chi connectivity index (χ1v) is 15.7. The molecule has 0 N–H and O–H groups in total. The van der Waals surface area contributed by atoms with Crippen molar-refractivity contribution >= 4 is 35.0 Å². The van der Waals surface area contributed by atoms with E-state index in [0.717, 1.165) is 17.0 Å². The first-order valence-electron chi connectivity index (χ1n) is 14.9. The molecular weight excluding hydrogens is 634 g/mol. The summed E-state index contributed by atoms with van der Waals surface area (Å²) in [6, 6.07) is 21.1. The Hall–Kier alpha value is -5.95. The van der Waals surface area contributed by atoms with Crippen LogP contribution < -0.4 is 14.9 Å². The lowest BCUT2D eigenvalue weighted by atomic mass is 9.95. The number of carbonyl (C=O) groups excluding carboxylic acids is 2. The number of nitro groups is 1. The zero-order chi connectivity index (χ0) is 34.1. The number of carbonyl (C=O) groups is 2. The maximum Gasteiger partial charge on any atom is 0.338 e. The summed E-state index contributed by atoms with van der Waals surface area (Å²) in [4.78, 5) is 56.0. The van der Waals surface area contributed by atoms with Crippen molar-refractivity contribution in [2.75, 3.05) is 7.11 Å². The van der Waals surface area contributed by atoms with Gasteiger partial charge in [-0.2, -0.15) is 5.10 Å². The van der Waals surface area contributed by atoms with Crippen molar-refractivity contribution in [3.8, 4) is 16.9 Å². The van der Waals surface area contributed by atoms with Gasteiger partial charge >= 0.3 is 11.9 Å². The number of ether oxygens (including phenoxy) is 2. The minimum atomic E-state index is -0.898. The highest BCUT2D eigenvalue weighted by Crippen LogP contribution is 2.32. The minimum absolute atomic E-state index is 0.0957. The first kappa shape index (κ1) is 32.0. The van der Waals surface area contributed by atoms with E-state index in [-0.39, 0.29) is 11.3 Å². The van der Waals surface area contributed by atoms with Gasteiger partial charge in [-0.3, -0.25) is 19.5 Å². The summed E-state index contributed by atoms with van der Waals surface area (Å²) < 4.78 is 13.8. The molecule has 5 aromatic rings. The molecule has 0 fully saturated rings. The maximum atomic E-state index is 14.3. The molecule has 0 radical (unpaired) electrons. The minimum Gasteiger partial charge on any atom is -0.465 e. The first-order chi connectivity index (χ1) is 23.0. The number of nitrogens with zero attached hydrogens (tertiary/aromatic N) is 5. The monoisotopic (exact) mass is 663 g/mol. The molecule has 6 rings (SSSR count). The number of methoxy groups -OCH3 is 1. The second-order valence-corrected chi connectivity index (χ2v) is 12.2. The number of hydrogen-bond donors (Lipinski definition) is 0. The van der Waals surface area contributed by atoms with Crippen LogP contribution in [0.5, 0.6) is 0 Å². The Balaban J connectivity index is 1.55. The topological polar surface area (TPSA) is 148 Å². The van der Waals surface area contributed by atoms with Crippen LogP contribution in [0.4, 0.5) is 5.69 Å². The Morgan fingerprint density at radius 1 is 1.02 bits per heavy atom.